The van der Waals surface area contributed by atoms with Crippen molar-refractivity contribution in [1.29, 1.82) is 0 Å². The van der Waals surface area contributed by atoms with Crippen LogP contribution in [-0.4, -0.2) is 81.6 Å². The third-order valence-electron chi connectivity index (χ3n) is 10.0. The summed E-state index contributed by atoms with van der Waals surface area (Å²) < 4.78 is 34.9. The van der Waals surface area contributed by atoms with E-state index in [0.717, 1.165) is 54.9 Å². The van der Waals surface area contributed by atoms with E-state index < -0.39 is 6.43 Å². The smallest absolute Gasteiger partial charge is 0.264 e. The van der Waals surface area contributed by atoms with Gasteiger partial charge in [-0.1, -0.05) is 25.1 Å². The standard InChI is InChI=1S/C37H43F2N5O3/c1-2-25-22-44(35(46)18-24-3-4-27(31(17-24)36(38)39)21-43-13-11-42(12-14-43)15-16-45)23-28-19-29(7-8-30(25)28)47-34-9-10-40-37-32(34)20-33(41-37)26-5-6-26/h3-4,7-10,17,19-20,25-26,36,45H,2,5-6,11-16,18,21-23H2,1H3,(H,40,41)/t25-/m0/s1. The minimum atomic E-state index is -2.62. The van der Waals surface area contributed by atoms with Gasteiger partial charge in [0.2, 0.25) is 5.91 Å². The number of aliphatic hydroxyl groups excluding tert-OH is 1. The fourth-order valence-corrected chi connectivity index (χ4v) is 7.15. The number of benzene rings is 2. The zero-order chi connectivity index (χ0) is 32.5. The number of aliphatic hydroxyl groups is 1. The average molecular weight is 644 g/mol. The molecule has 1 saturated heterocycles. The highest BCUT2D eigenvalue weighted by molar-refractivity contribution is 5.84. The second kappa shape index (κ2) is 13.7. The van der Waals surface area contributed by atoms with E-state index in [2.05, 4.69) is 38.8 Å². The molecule has 8 nitrogen and oxygen atoms in total. The molecule has 47 heavy (non-hydrogen) atoms. The Bertz CT molecular complexity index is 1730. The number of aromatic amines is 1. The molecule has 4 aromatic rings. The van der Waals surface area contributed by atoms with Crippen molar-refractivity contribution in [2.24, 2.45) is 0 Å². The van der Waals surface area contributed by atoms with Crippen molar-refractivity contribution < 1.29 is 23.4 Å². The number of aromatic nitrogens is 2. The molecule has 2 N–H and O–H groups in total. The quantitative estimate of drug-likeness (QED) is 0.198. The Morgan fingerprint density at radius 3 is 2.62 bits per heavy atom. The normalized spacial score (nSPS) is 19.0. The first-order valence-electron chi connectivity index (χ1n) is 16.9. The van der Waals surface area contributed by atoms with Crippen LogP contribution in [0.3, 0.4) is 0 Å². The maximum absolute atomic E-state index is 14.2. The predicted molar refractivity (Wildman–Crippen MR) is 177 cm³/mol. The number of nitrogens with one attached hydrogen (secondary N) is 1. The van der Waals surface area contributed by atoms with Gasteiger partial charge in [-0.15, -0.1) is 0 Å². The Balaban J connectivity index is 1.04. The van der Waals surface area contributed by atoms with Crippen LogP contribution in [0, 0.1) is 0 Å². The number of β-amino-alcohol motifs (C(OH)–C–C–N with tert-alkyl or cyclic N) is 1. The van der Waals surface area contributed by atoms with Crippen LogP contribution in [0.2, 0.25) is 0 Å². The second-order valence-corrected chi connectivity index (χ2v) is 13.3. The average Bonchev–Trinajstić information content (AvgIpc) is 3.84. The summed E-state index contributed by atoms with van der Waals surface area (Å²) in [6.07, 6.45) is 2.50. The molecule has 2 fully saturated rings. The number of H-pyrrole nitrogens is 1. The van der Waals surface area contributed by atoms with Crippen molar-refractivity contribution in [2.75, 3.05) is 45.9 Å². The molecule has 7 rings (SSSR count). The van der Waals surface area contributed by atoms with Crippen LogP contribution in [-0.2, 0) is 24.3 Å². The molecule has 10 heteroatoms. The molecule has 0 radical (unpaired) electrons. The molecule has 3 aliphatic rings. The minimum absolute atomic E-state index is 0.00203. The number of hydrogen-bond donors (Lipinski definition) is 2. The Morgan fingerprint density at radius 2 is 1.87 bits per heavy atom. The molecule has 1 saturated carbocycles. The number of carbonyl (C=O) groups excluding carboxylic acids is 1. The maximum Gasteiger partial charge on any atom is 0.264 e. The van der Waals surface area contributed by atoms with Gasteiger partial charge in [0, 0.05) is 75.7 Å². The number of piperazine rings is 1. The summed E-state index contributed by atoms with van der Waals surface area (Å²) in [7, 11) is 0. The zero-order valence-corrected chi connectivity index (χ0v) is 26.9. The van der Waals surface area contributed by atoms with Gasteiger partial charge in [-0.05, 0) is 77.8 Å². The summed E-state index contributed by atoms with van der Waals surface area (Å²) in [5.74, 6) is 2.16. The number of hydrogen-bond acceptors (Lipinski definition) is 6. The third kappa shape index (κ3) is 7.05. The first kappa shape index (κ1) is 31.7. The Kier molecular flexibility index (Phi) is 9.25. The second-order valence-electron chi connectivity index (χ2n) is 13.3. The lowest BCUT2D eigenvalue weighted by Gasteiger charge is -2.35. The largest absolute Gasteiger partial charge is 0.457 e. The van der Waals surface area contributed by atoms with Gasteiger partial charge in [0.15, 0.2) is 0 Å². The van der Waals surface area contributed by atoms with Crippen LogP contribution in [0.15, 0.2) is 54.7 Å². The molecular weight excluding hydrogens is 600 g/mol. The first-order valence-corrected chi connectivity index (χ1v) is 16.9. The van der Waals surface area contributed by atoms with E-state index >= 15 is 0 Å². The summed E-state index contributed by atoms with van der Waals surface area (Å²) >= 11 is 0. The lowest BCUT2D eigenvalue weighted by molar-refractivity contribution is -0.131. The molecular formula is C37H43F2N5O3. The SMILES string of the molecule is CC[C@H]1CN(C(=O)Cc2ccc(CN3CCN(CCO)CC3)c(C(F)F)c2)Cc2cc(Oc3ccnc4[nH]c(C5CC5)cc34)ccc21. The number of fused-ring (bicyclic) bond motifs is 2. The van der Waals surface area contributed by atoms with E-state index in [0.29, 0.717) is 49.0 Å². The molecule has 0 unspecified atom stereocenters. The summed E-state index contributed by atoms with van der Waals surface area (Å²) in [6, 6.07) is 15.3. The molecule has 248 valence electrons. The Hall–Kier alpha value is -3.86. The summed E-state index contributed by atoms with van der Waals surface area (Å²) in [4.78, 5) is 27.8. The van der Waals surface area contributed by atoms with Crippen molar-refractivity contribution in [3.8, 4) is 11.5 Å². The van der Waals surface area contributed by atoms with Crippen molar-refractivity contribution in [3.05, 3.63) is 88.2 Å². The Morgan fingerprint density at radius 1 is 1.06 bits per heavy atom. The number of rotatable bonds is 11. The molecule has 2 aliphatic heterocycles. The van der Waals surface area contributed by atoms with Gasteiger partial charge in [-0.3, -0.25) is 14.6 Å². The number of ether oxygens (including phenoxy) is 1. The monoisotopic (exact) mass is 643 g/mol. The molecule has 1 atom stereocenters. The molecule has 1 aliphatic carbocycles. The van der Waals surface area contributed by atoms with Gasteiger partial charge in [-0.25, -0.2) is 13.8 Å². The molecule has 4 heterocycles. The van der Waals surface area contributed by atoms with E-state index in [4.69, 9.17) is 4.74 Å². The Labute approximate surface area is 274 Å². The zero-order valence-electron chi connectivity index (χ0n) is 26.9. The molecule has 2 aromatic carbocycles. The summed E-state index contributed by atoms with van der Waals surface area (Å²) in [5.41, 5.74) is 5.52. The van der Waals surface area contributed by atoms with Crippen LogP contribution in [0.25, 0.3) is 11.0 Å². The number of amides is 1. The van der Waals surface area contributed by atoms with Gasteiger partial charge in [0.25, 0.3) is 6.43 Å². The molecule has 1 amide bonds. The molecule has 0 spiro atoms. The summed E-state index contributed by atoms with van der Waals surface area (Å²) in [6.45, 7) is 7.55. The lowest BCUT2D eigenvalue weighted by Crippen LogP contribution is -2.46. The van der Waals surface area contributed by atoms with Crippen LogP contribution in [0.4, 0.5) is 8.78 Å². The third-order valence-corrected chi connectivity index (χ3v) is 10.0. The van der Waals surface area contributed by atoms with E-state index in [1.165, 1.54) is 30.2 Å². The van der Waals surface area contributed by atoms with Crippen LogP contribution >= 0.6 is 0 Å². The number of halogens is 2. The number of pyridine rings is 1. The minimum Gasteiger partial charge on any atom is -0.457 e. The van der Waals surface area contributed by atoms with E-state index in [1.807, 2.05) is 29.2 Å². The van der Waals surface area contributed by atoms with Crippen LogP contribution in [0.5, 0.6) is 11.5 Å². The van der Waals surface area contributed by atoms with Crippen molar-refractivity contribution in [1.82, 2.24) is 24.7 Å². The number of nitrogens with zero attached hydrogens (tertiary/aromatic N) is 4. The number of carbonyl (C=O) groups is 1. The predicted octanol–water partition coefficient (Wildman–Crippen LogP) is 6.36. The topological polar surface area (TPSA) is 84.9 Å². The van der Waals surface area contributed by atoms with Crippen LogP contribution < -0.4 is 4.74 Å². The van der Waals surface area contributed by atoms with E-state index in [-0.39, 0.29) is 30.4 Å². The van der Waals surface area contributed by atoms with Crippen molar-refractivity contribution in [3.63, 3.8) is 0 Å². The first-order chi connectivity index (χ1) is 22.9. The highest BCUT2D eigenvalue weighted by Gasteiger charge is 2.29. The van der Waals surface area contributed by atoms with Gasteiger partial charge >= 0.3 is 0 Å². The van der Waals surface area contributed by atoms with Gasteiger partial charge < -0.3 is 19.7 Å². The van der Waals surface area contributed by atoms with Gasteiger partial charge in [-0.2, -0.15) is 0 Å². The number of alkyl halides is 2. The van der Waals surface area contributed by atoms with Gasteiger partial charge in [0.05, 0.1) is 18.4 Å². The highest BCUT2D eigenvalue weighted by atomic mass is 19.3. The lowest BCUT2D eigenvalue weighted by atomic mass is 9.87. The molecule has 0 bridgehead atoms. The fraction of sp³-hybridized carbons (Fsp3) is 0.459. The highest BCUT2D eigenvalue weighted by Crippen LogP contribution is 2.42. The summed E-state index contributed by atoms with van der Waals surface area (Å²) in [5, 5.41) is 10.2. The van der Waals surface area contributed by atoms with E-state index in [1.54, 1.807) is 12.3 Å². The van der Waals surface area contributed by atoms with Gasteiger partial charge in [0.1, 0.15) is 17.1 Å². The van der Waals surface area contributed by atoms with Crippen molar-refractivity contribution >= 4 is 16.9 Å². The van der Waals surface area contributed by atoms with E-state index in [9.17, 15) is 18.7 Å². The maximum atomic E-state index is 14.2. The fourth-order valence-electron chi connectivity index (χ4n) is 7.15. The van der Waals surface area contributed by atoms with Crippen molar-refractivity contribution in [2.45, 2.75) is 64.0 Å². The van der Waals surface area contributed by atoms with Crippen LogP contribution in [0.1, 0.15) is 78.0 Å². The molecule has 2 aromatic heterocycles.